The van der Waals surface area contributed by atoms with Crippen LogP contribution >= 0.6 is 0 Å². The Hall–Kier alpha value is 0. The molecule has 19 heavy (non-hydrogen) atoms. The Labute approximate surface area is 126 Å². The molecule has 0 aliphatic rings. The molecule has 122 valence electrons. The zero-order chi connectivity index (χ0) is 15.9. The second-order valence-corrected chi connectivity index (χ2v) is 5.72. The van der Waals surface area contributed by atoms with Gasteiger partial charge in [0.25, 0.3) is 0 Å². The summed E-state index contributed by atoms with van der Waals surface area (Å²) in [5, 5.41) is 0. The van der Waals surface area contributed by atoms with Crippen LogP contribution < -0.4 is 0 Å². The Morgan fingerprint density at radius 2 is 0.842 bits per heavy atom. The summed E-state index contributed by atoms with van der Waals surface area (Å²) in [6.07, 6.45) is 12.3. The molecule has 0 rings (SSSR count). The molecule has 0 heteroatoms. The summed E-state index contributed by atoms with van der Waals surface area (Å²) in [4.78, 5) is 0. The maximum absolute atomic E-state index is 2.31. The van der Waals surface area contributed by atoms with Crippen LogP contribution in [0.4, 0.5) is 0 Å². The second-order valence-electron chi connectivity index (χ2n) is 5.72. The predicted molar refractivity (Wildman–Crippen MR) is 96.1 cm³/mol. The lowest BCUT2D eigenvalue weighted by Crippen LogP contribution is -1.86. The molecule has 0 aliphatic heterocycles. The van der Waals surface area contributed by atoms with E-state index in [-0.39, 0.29) is 0 Å². The molecular formula is C19H46. The van der Waals surface area contributed by atoms with Crippen LogP contribution in [0, 0.1) is 5.92 Å². The van der Waals surface area contributed by atoms with E-state index in [4.69, 9.17) is 0 Å². The van der Waals surface area contributed by atoms with Gasteiger partial charge in [0.1, 0.15) is 0 Å². The minimum Gasteiger partial charge on any atom is -0.0656 e. The minimum absolute atomic E-state index is 0.904. The van der Waals surface area contributed by atoms with Crippen LogP contribution in [0.1, 0.15) is 120 Å². The molecule has 0 unspecified atom stereocenters. The molecule has 0 saturated heterocycles. The summed E-state index contributed by atoms with van der Waals surface area (Å²) in [5.41, 5.74) is 0. The van der Waals surface area contributed by atoms with Crippen molar-refractivity contribution in [1.29, 1.82) is 0 Å². The molecular weight excluding hydrogens is 228 g/mol. The van der Waals surface area contributed by atoms with Crippen molar-refractivity contribution >= 4 is 0 Å². The van der Waals surface area contributed by atoms with Crippen LogP contribution in [-0.4, -0.2) is 0 Å². The van der Waals surface area contributed by atoms with Crippen LogP contribution in [0.2, 0.25) is 0 Å². The highest BCUT2D eigenvalue weighted by atomic mass is 14.0. The molecule has 0 N–H and O–H groups in total. The molecule has 0 fully saturated rings. The lowest BCUT2D eigenvalue weighted by Gasteiger charge is -2.02. The Morgan fingerprint density at radius 3 is 1.11 bits per heavy atom. The van der Waals surface area contributed by atoms with Gasteiger partial charge in [0, 0.05) is 0 Å². The van der Waals surface area contributed by atoms with Gasteiger partial charge < -0.3 is 0 Å². The number of unbranched alkanes of at least 4 members (excludes halogenated alkanes) is 4. The normalized spacial score (nSPS) is 8.53. The highest BCUT2D eigenvalue weighted by molar-refractivity contribution is 4.46. The van der Waals surface area contributed by atoms with Crippen molar-refractivity contribution in [3.05, 3.63) is 0 Å². The quantitative estimate of drug-likeness (QED) is 0.428. The van der Waals surface area contributed by atoms with E-state index in [9.17, 15) is 0 Å². The van der Waals surface area contributed by atoms with E-state index >= 15 is 0 Å². The fourth-order valence-electron chi connectivity index (χ4n) is 1.16. The fourth-order valence-corrected chi connectivity index (χ4v) is 1.16. The van der Waals surface area contributed by atoms with Crippen molar-refractivity contribution in [2.75, 3.05) is 0 Å². The minimum atomic E-state index is 0.904. The maximum Gasteiger partial charge on any atom is -0.0471 e. The maximum atomic E-state index is 2.31. The number of rotatable bonds is 6. The van der Waals surface area contributed by atoms with Crippen molar-refractivity contribution in [2.24, 2.45) is 5.92 Å². The van der Waals surface area contributed by atoms with Gasteiger partial charge in [-0.15, -0.1) is 0 Å². The molecule has 0 spiro atoms. The molecule has 0 bridgehead atoms. The highest BCUT2D eigenvalue weighted by Gasteiger charge is 1.92. The molecule has 0 nitrogen and oxygen atoms in total. The van der Waals surface area contributed by atoms with Gasteiger partial charge in [0.2, 0.25) is 0 Å². The Balaban J connectivity index is -0.000000103. The zero-order valence-corrected chi connectivity index (χ0v) is 15.9. The summed E-state index contributed by atoms with van der Waals surface area (Å²) < 4.78 is 0. The molecule has 0 saturated carbocycles. The van der Waals surface area contributed by atoms with E-state index in [0.29, 0.717) is 0 Å². The first kappa shape index (κ1) is 27.4. The van der Waals surface area contributed by atoms with Gasteiger partial charge in [0.15, 0.2) is 0 Å². The molecule has 0 aliphatic carbocycles. The molecule has 0 aromatic carbocycles. The van der Waals surface area contributed by atoms with E-state index in [1.54, 1.807) is 0 Å². The van der Waals surface area contributed by atoms with Gasteiger partial charge in [-0.05, 0) is 5.92 Å². The van der Waals surface area contributed by atoms with E-state index < -0.39 is 0 Å². The van der Waals surface area contributed by atoms with Gasteiger partial charge in [0.05, 0.1) is 0 Å². The summed E-state index contributed by atoms with van der Waals surface area (Å²) in [5.74, 6) is 0.904. The van der Waals surface area contributed by atoms with Gasteiger partial charge in [-0.2, -0.15) is 0 Å². The topological polar surface area (TPSA) is 0 Å². The first-order valence-electron chi connectivity index (χ1n) is 9.01. The summed E-state index contributed by atoms with van der Waals surface area (Å²) >= 11 is 0. The third kappa shape index (κ3) is 94.0. The number of hydrogen-bond acceptors (Lipinski definition) is 0. The first-order valence-corrected chi connectivity index (χ1v) is 9.01. The monoisotopic (exact) mass is 274 g/mol. The molecule has 0 atom stereocenters. The lowest BCUT2D eigenvalue weighted by molar-refractivity contribution is 0.518. The average Bonchev–Trinajstić information content (AvgIpc) is 2.31. The van der Waals surface area contributed by atoms with E-state index in [0.717, 1.165) is 5.92 Å². The van der Waals surface area contributed by atoms with Gasteiger partial charge in [-0.25, -0.2) is 0 Å². The predicted octanol–water partition coefficient (Wildman–Crippen LogP) is 8.25. The molecule has 0 aromatic heterocycles. The van der Waals surface area contributed by atoms with E-state index in [2.05, 4.69) is 62.3 Å². The Bertz CT molecular complexity index is 79.3. The smallest absolute Gasteiger partial charge is 0.0471 e. The van der Waals surface area contributed by atoms with E-state index in [1.165, 1.54) is 57.8 Å². The SMILES string of the molecule is CCC.CCC.CCC.CCCCCCCC(C)C. The van der Waals surface area contributed by atoms with Gasteiger partial charge >= 0.3 is 0 Å². The Morgan fingerprint density at radius 1 is 0.526 bits per heavy atom. The average molecular weight is 275 g/mol. The van der Waals surface area contributed by atoms with Crippen molar-refractivity contribution < 1.29 is 0 Å². The van der Waals surface area contributed by atoms with Crippen LogP contribution in [0.3, 0.4) is 0 Å². The zero-order valence-electron chi connectivity index (χ0n) is 15.9. The van der Waals surface area contributed by atoms with Crippen LogP contribution in [0.5, 0.6) is 0 Å². The van der Waals surface area contributed by atoms with Crippen LogP contribution in [0.15, 0.2) is 0 Å². The lowest BCUT2D eigenvalue weighted by atomic mass is 10.0. The van der Waals surface area contributed by atoms with Crippen LogP contribution in [0.25, 0.3) is 0 Å². The standard InChI is InChI=1S/C10H22.3C3H8/c1-4-5-6-7-8-9-10(2)3;3*1-3-2/h10H,4-9H2,1-3H3;3*3H2,1-2H3. The fraction of sp³-hybridized carbons (Fsp3) is 1.00. The highest BCUT2D eigenvalue weighted by Crippen LogP contribution is 2.09. The molecule has 0 heterocycles. The van der Waals surface area contributed by atoms with Crippen molar-refractivity contribution in [3.63, 3.8) is 0 Å². The molecule has 0 aromatic rings. The first-order chi connectivity index (χ1) is 9.01. The summed E-state index contributed by atoms with van der Waals surface area (Å²) in [7, 11) is 0. The van der Waals surface area contributed by atoms with Crippen molar-refractivity contribution in [1.82, 2.24) is 0 Å². The van der Waals surface area contributed by atoms with Crippen molar-refractivity contribution in [2.45, 2.75) is 120 Å². The third-order valence-electron chi connectivity index (χ3n) is 1.89. The second kappa shape index (κ2) is 36.1. The molecule has 0 amide bonds. The van der Waals surface area contributed by atoms with Gasteiger partial charge in [-0.1, -0.05) is 120 Å². The largest absolute Gasteiger partial charge is 0.0656 e. The van der Waals surface area contributed by atoms with Crippen LogP contribution in [-0.2, 0) is 0 Å². The summed E-state index contributed by atoms with van der Waals surface area (Å²) in [6.45, 7) is 19.6. The molecule has 0 radical (unpaired) electrons. The third-order valence-corrected chi connectivity index (χ3v) is 1.89. The number of hydrogen-bond donors (Lipinski definition) is 0. The van der Waals surface area contributed by atoms with E-state index in [1.807, 2.05) is 0 Å². The summed E-state index contributed by atoms with van der Waals surface area (Å²) in [6, 6.07) is 0. The van der Waals surface area contributed by atoms with Gasteiger partial charge in [-0.3, -0.25) is 0 Å². The van der Waals surface area contributed by atoms with Crippen molar-refractivity contribution in [3.8, 4) is 0 Å². The Kier molecular flexibility index (Phi) is 52.0.